The lowest BCUT2D eigenvalue weighted by molar-refractivity contribution is -0.325. The largest absolute Gasteiger partial charge is 0.522 e. The van der Waals surface area contributed by atoms with E-state index in [1.807, 2.05) is 0 Å². The number of carbonyl (C=O) groups excluding carboxylic acids is 1. The minimum absolute atomic E-state index is 0.000750. The van der Waals surface area contributed by atoms with Crippen LogP contribution in [0.3, 0.4) is 0 Å². The van der Waals surface area contributed by atoms with E-state index >= 15 is 0 Å². The van der Waals surface area contributed by atoms with E-state index in [-0.39, 0.29) is 42.4 Å². The first-order valence-electron chi connectivity index (χ1n) is 10.9. The van der Waals surface area contributed by atoms with Crippen molar-refractivity contribution in [3.05, 3.63) is 53.2 Å². The maximum atomic E-state index is 14.0. The van der Waals surface area contributed by atoms with Crippen molar-refractivity contribution in [3.63, 3.8) is 0 Å². The molecule has 4 radical (unpaired) electrons. The molecule has 4 rings (SSSR count). The summed E-state index contributed by atoms with van der Waals surface area (Å²) in [5, 5.41) is 0. The normalized spacial score (nSPS) is 23.0. The number of hydrogen-bond donors (Lipinski definition) is 0. The lowest BCUT2D eigenvalue weighted by Gasteiger charge is -2.42. The van der Waals surface area contributed by atoms with Crippen LogP contribution >= 0.6 is 0 Å². The fourth-order valence-corrected chi connectivity index (χ4v) is 4.33. The van der Waals surface area contributed by atoms with Gasteiger partial charge in [0.05, 0.1) is 25.8 Å². The number of pyridine rings is 1. The smallest absolute Gasteiger partial charge is 0.486 e. The Balaban J connectivity index is 1.50. The van der Waals surface area contributed by atoms with Gasteiger partial charge in [0.2, 0.25) is 0 Å². The highest BCUT2D eigenvalue weighted by Crippen LogP contribution is 2.47. The Kier molecular flexibility index (Phi) is 7.41. The van der Waals surface area contributed by atoms with E-state index in [9.17, 15) is 26.7 Å². The topological polar surface area (TPSA) is 79.4 Å². The molecule has 2 aliphatic heterocycles. The molecule has 0 bridgehead atoms. The number of piperidine rings is 1. The molecular formula is C22H19B2F5N2O6. The highest BCUT2D eigenvalue weighted by molar-refractivity contribution is 6.38. The number of amides is 1. The van der Waals surface area contributed by atoms with Crippen molar-refractivity contribution in [1.82, 2.24) is 9.88 Å². The number of benzene rings is 1. The molecule has 1 unspecified atom stereocenters. The van der Waals surface area contributed by atoms with Gasteiger partial charge in [0.1, 0.15) is 51.3 Å². The molecule has 15 heteroatoms. The number of halogens is 5. The minimum Gasteiger partial charge on any atom is -0.486 e. The van der Waals surface area contributed by atoms with Gasteiger partial charge in [-0.1, -0.05) is 0 Å². The molecular weight excluding hydrogens is 505 g/mol. The van der Waals surface area contributed by atoms with E-state index < -0.39 is 54.4 Å². The summed E-state index contributed by atoms with van der Waals surface area (Å²) < 4.78 is 89.5. The van der Waals surface area contributed by atoms with Crippen LogP contribution in [0.1, 0.15) is 22.5 Å². The van der Waals surface area contributed by atoms with E-state index in [2.05, 4.69) is 9.72 Å². The van der Waals surface area contributed by atoms with Crippen LogP contribution in [0.5, 0.6) is 11.6 Å². The van der Waals surface area contributed by atoms with E-state index in [4.69, 9.17) is 34.6 Å². The second-order valence-corrected chi connectivity index (χ2v) is 8.33. The highest BCUT2D eigenvalue weighted by Gasteiger charge is 2.56. The Morgan fingerprint density at radius 1 is 1.19 bits per heavy atom. The lowest BCUT2D eigenvalue weighted by Crippen LogP contribution is -2.53. The molecule has 2 aliphatic rings. The zero-order valence-corrected chi connectivity index (χ0v) is 19.4. The summed E-state index contributed by atoms with van der Waals surface area (Å²) >= 11 is 0. The predicted molar refractivity (Wildman–Crippen MR) is 117 cm³/mol. The van der Waals surface area contributed by atoms with Gasteiger partial charge in [-0.05, 0) is 29.8 Å². The zero-order chi connectivity index (χ0) is 27.0. The van der Waals surface area contributed by atoms with E-state index in [0.717, 1.165) is 12.1 Å². The van der Waals surface area contributed by atoms with Crippen LogP contribution in [0.25, 0.3) is 0 Å². The van der Waals surface area contributed by atoms with Gasteiger partial charge in [-0.3, -0.25) is 9.53 Å². The third-order valence-corrected chi connectivity index (χ3v) is 5.81. The maximum absolute atomic E-state index is 14.0. The van der Waals surface area contributed by atoms with Crippen molar-refractivity contribution in [2.45, 2.75) is 30.1 Å². The molecule has 2 fully saturated rings. The van der Waals surface area contributed by atoms with Gasteiger partial charge in [-0.2, -0.15) is 0 Å². The molecule has 1 aromatic heterocycles. The average molecular weight is 524 g/mol. The molecule has 3 heterocycles. The first-order chi connectivity index (χ1) is 17.3. The Morgan fingerprint density at radius 2 is 1.89 bits per heavy atom. The van der Waals surface area contributed by atoms with E-state index in [1.165, 1.54) is 24.1 Å². The summed E-state index contributed by atoms with van der Waals surface area (Å²) in [5.41, 5.74) is -3.42. The molecule has 2 atom stereocenters. The standard InChI is InChI=1S/C22H19B2F5N2O6/c1-33-18-16(34-6-7-35-22(27,28)29)3-2-15(30-18)19(32)31-5-4-20(12-8-13(25)10-14(26)9-12)17(11-31)36-21(23,24)37-20/h2-3,8-10,17H,4-7,11H2,1H3/t17?,20-/m1/s1. The van der Waals surface area contributed by atoms with Gasteiger partial charge in [0.25, 0.3) is 11.8 Å². The molecule has 2 aromatic rings. The third kappa shape index (κ3) is 5.99. The molecule has 2 saturated heterocycles. The van der Waals surface area contributed by atoms with Crippen molar-refractivity contribution in [2.75, 3.05) is 33.4 Å². The molecule has 1 aromatic carbocycles. The van der Waals surface area contributed by atoms with Crippen molar-refractivity contribution in [1.29, 1.82) is 0 Å². The van der Waals surface area contributed by atoms with Crippen LogP contribution in [0.15, 0.2) is 30.3 Å². The Bertz CT molecular complexity index is 1150. The SMILES string of the molecule is [B]C1([B])OC2CN(C(=O)c3ccc(OCCOC(F)(F)F)c(OC)n3)CC[C@]2(c2cc(F)cc(F)c2)O1. The summed E-state index contributed by atoms with van der Waals surface area (Å²) in [6.45, 7) is -1.25. The number of aromatic nitrogens is 1. The third-order valence-electron chi connectivity index (χ3n) is 5.81. The van der Waals surface area contributed by atoms with Crippen molar-refractivity contribution in [2.24, 2.45) is 0 Å². The molecule has 0 saturated carbocycles. The molecule has 0 spiro atoms. The van der Waals surface area contributed by atoms with Gasteiger partial charge in [-0.15, -0.1) is 13.2 Å². The molecule has 194 valence electrons. The zero-order valence-electron chi connectivity index (χ0n) is 19.4. The van der Waals surface area contributed by atoms with Crippen molar-refractivity contribution in [3.8, 4) is 11.6 Å². The molecule has 0 aliphatic carbocycles. The number of nitrogens with zero attached hydrogens (tertiary/aromatic N) is 2. The van der Waals surface area contributed by atoms with Crippen LogP contribution in [0.4, 0.5) is 22.0 Å². The molecule has 1 amide bonds. The van der Waals surface area contributed by atoms with Crippen molar-refractivity contribution < 1.29 is 50.4 Å². The van der Waals surface area contributed by atoms with Crippen LogP contribution in [-0.2, 0) is 19.8 Å². The molecule has 8 nitrogen and oxygen atoms in total. The number of fused-ring (bicyclic) bond motifs is 1. The molecule has 0 N–H and O–H groups in total. The summed E-state index contributed by atoms with van der Waals surface area (Å²) in [5.74, 6) is -2.36. The van der Waals surface area contributed by atoms with Gasteiger partial charge in [0.15, 0.2) is 5.75 Å². The highest BCUT2D eigenvalue weighted by atomic mass is 19.4. The first kappa shape index (κ1) is 27.1. The summed E-state index contributed by atoms with van der Waals surface area (Å²) in [6, 6.07) is 5.50. The number of carbonyl (C=O) groups is 1. The Morgan fingerprint density at radius 3 is 2.54 bits per heavy atom. The second-order valence-electron chi connectivity index (χ2n) is 8.33. The van der Waals surface area contributed by atoms with Crippen LogP contribution in [-0.4, -0.2) is 82.9 Å². The minimum atomic E-state index is -4.79. The van der Waals surface area contributed by atoms with E-state index in [1.54, 1.807) is 0 Å². The quantitative estimate of drug-likeness (QED) is 0.313. The van der Waals surface area contributed by atoms with Crippen LogP contribution in [0.2, 0.25) is 0 Å². The van der Waals surface area contributed by atoms with Crippen molar-refractivity contribution >= 4 is 21.6 Å². The van der Waals surface area contributed by atoms with Crippen LogP contribution < -0.4 is 9.47 Å². The summed E-state index contributed by atoms with van der Waals surface area (Å²) in [7, 11) is 12.9. The fraction of sp³-hybridized carbons (Fsp3) is 0.455. The summed E-state index contributed by atoms with van der Waals surface area (Å²) in [6.07, 6.45) is -5.72. The van der Waals surface area contributed by atoms with E-state index in [0.29, 0.717) is 6.07 Å². The number of methoxy groups -OCH3 is 1. The number of alkyl halides is 3. The Hall–Kier alpha value is -2.90. The number of hydrogen-bond acceptors (Lipinski definition) is 7. The monoisotopic (exact) mass is 524 g/mol. The Labute approximate surface area is 210 Å². The van der Waals surface area contributed by atoms with Gasteiger partial charge in [0, 0.05) is 19.0 Å². The first-order valence-corrected chi connectivity index (χ1v) is 10.9. The second kappa shape index (κ2) is 10.1. The fourth-order valence-electron chi connectivity index (χ4n) is 4.33. The lowest BCUT2D eigenvalue weighted by atomic mass is 9.76. The van der Waals surface area contributed by atoms with Gasteiger partial charge >= 0.3 is 6.36 Å². The summed E-state index contributed by atoms with van der Waals surface area (Å²) in [4.78, 5) is 18.6. The van der Waals surface area contributed by atoms with Gasteiger partial charge in [-0.25, -0.2) is 13.8 Å². The van der Waals surface area contributed by atoms with Gasteiger partial charge < -0.3 is 23.8 Å². The number of rotatable bonds is 7. The molecule has 37 heavy (non-hydrogen) atoms. The maximum Gasteiger partial charge on any atom is 0.522 e. The number of likely N-dealkylation sites (tertiary alicyclic amines) is 1. The average Bonchev–Trinajstić information content (AvgIpc) is 3.10. The number of ether oxygens (including phenoxy) is 5. The van der Waals surface area contributed by atoms with Crippen LogP contribution in [0, 0.1) is 11.6 Å². The predicted octanol–water partition coefficient (Wildman–Crippen LogP) is 2.39.